The number of alkyl halides is 2. The minimum absolute atomic E-state index is 0.0984. The maximum absolute atomic E-state index is 16.5. The van der Waals surface area contributed by atoms with Gasteiger partial charge in [-0.05, 0) is 71.2 Å². The van der Waals surface area contributed by atoms with Crippen molar-refractivity contribution in [2.24, 2.45) is 11.8 Å². The number of methoxy groups -OCH3 is 2. The molecule has 61 heavy (non-hydrogen) atoms. The van der Waals surface area contributed by atoms with Gasteiger partial charge in [-0.2, -0.15) is 8.78 Å². The predicted molar refractivity (Wildman–Crippen MR) is 223 cm³/mol. The first-order chi connectivity index (χ1) is 29.2. The number of carbonyl (C=O) groups excluding carboxylic acids is 4. The number of carbonyl (C=O) groups is 4. The molecule has 1 unspecified atom stereocenters. The van der Waals surface area contributed by atoms with E-state index in [4.69, 9.17) is 14.5 Å². The predicted octanol–water partition coefficient (Wildman–Crippen LogP) is 7.60. The van der Waals surface area contributed by atoms with Crippen LogP contribution in [0.5, 0.6) is 0 Å². The molecule has 0 radical (unpaired) electrons. The van der Waals surface area contributed by atoms with Crippen molar-refractivity contribution in [3.05, 3.63) is 95.7 Å². The normalized spacial score (nSPS) is 18.7. The van der Waals surface area contributed by atoms with Crippen LogP contribution in [0.3, 0.4) is 0 Å². The fourth-order valence-electron chi connectivity index (χ4n) is 8.63. The van der Waals surface area contributed by atoms with Crippen LogP contribution >= 0.6 is 0 Å². The van der Waals surface area contributed by atoms with Crippen LogP contribution < -0.4 is 10.6 Å². The molecule has 1 saturated heterocycles. The van der Waals surface area contributed by atoms with Gasteiger partial charge >= 0.3 is 12.2 Å². The Morgan fingerprint density at radius 2 is 1.38 bits per heavy atom. The van der Waals surface area contributed by atoms with E-state index in [2.05, 4.69) is 25.6 Å². The molecule has 0 spiro atoms. The molecule has 5 aromatic rings. The van der Waals surface area contributed by atoms with Crippen molar-refractivity contribution in [2.75, 3.05) is 27.3 Å². The number of alkyl carbamates (subject to hydrolysis) is 2. The van der Waals surface area contributed by atoms with Gasteiger partial charge in [0.2, 0.25) is 11.8 Å². The number of H-pyrrole nitrogens is 2. The van der Waals surface area contributed by atoms with Gasteiger partial charge in [0.05, 0.1) is 43.2 Å². The Balaban J connectivity index is 1.01. The van der Waals surface area contributed by atoms with Gasteiger partial charge in [0, 0.05) is 29.8 Å². The minimum Gasteiger partial charge on any atom is -0.453 e. The molecular weight excluding hydrogens is 787 g/mol. The van der Waals surface area contributed by atoms with Crippen molar-refractivity contribution in [3.63, 3.8) is 0 Å². The Morgan fingerprint density at radius 3 is 2.02 bits per heavy atom. The highest BCUT2D eigenvalue weighted by Gasteiger charge is 2.45. The highest BCUT2D eigenvalue weighted by molar-refractivity contribution is 5.89. The fourth-order valence-corrected chi connectivity index (χ4v) is 8.63. The number of rotatable bonds is 10. The lowest BCUT2D eigenvalue weighted by Gasteiger charge is -2.29. The Labute approximate surface area is 351 Å². The summed E-state index contributed by atoms with van der Waals surface area (Å²) in [6.45, 7) is 8.21. The van der Waals surface area contributed by atoms with Crippen LogP contribution in [0.2, 0.25) is 0 Å². The smallest absolute Gasteiger partial charge is 0.407 e. The zero-order valence-electron chi connectivity index (χ0n) is 34.7. The van der Waals surface area contributed by atoms with Crippen LogP contribution in [-0.4, -0.2) is 93.1 Å². The first kappa shape index (κ1) is 41.2. The summed E-state index contributed by atoms with van der Waals surface area (Å²) in [7, 11) is 2.50. The highest BCUT2D eigenvalue weighted by Crippen LogP contribution is 2.53. The van der Waals surface area contributed by atoms with Crippen molar-refractivity contribution in [1.29, 1.82) is 0 Å². The first-order valence-corrected chi connectivity index (χ1v) is 20.4. The third-order valence-corrected chi connectivity index (χ3v) is 11.9. The average Bonchev–Trinajstić information content (AvgIpc) is 4.10. The van der Waals surface area contributed by atoms with Crippen molar-refractivity contribution >= 4 is 35.0 Å². The molecule has 1 aliphatic carbocycles. The second kappa shape index (κ2) is 16.1. The second-order valence-corrected chi connectivity index (χ2v) is 16.4. The van der Waals surface area contributed by atoms with Crippen LogP contribution in [-0.2, 0) is 25.0 Å². The van der Waals surface area contributed by atoms with E-state index < -0.39 is 36.2 Å². The summed E-state index contributed by atoms with van der Waals surface area (Å²) in [5.74, 6) is -3.10. The molecule has 4 atom stereocenters. The molecule has 2 aromatic heterocycles. The van der Waals surface area contributed by atoms with Gasteiger partial charge in [0.15, 0.2) is 0 Å². The maximum Gasteiger partial charge on any atom is 0.407 e. The average molecular weight is 835 g/mol. The van der Waals surface area contributed by atoms with E-state index in [1.807, 2.05) is 64.1 Å². The molecule has 3 aliphatic rings. The Hall–Kier alpha value is -6.58. The quantitative estimate of drug-likeness (QED) is 0.104. The molecule has 14 nitrogen and oxygen atoms in total. The zero-order valence-corrected chi connectivity index (χ0v) is 34.7. The summed E-state index contributed by atoms with van der Waals surface area (Å²) >= 11 is 0. The number of nitrogens with one attached hydrogen (secondary N) is 4. The SMILES string of the molecule is COC(=O)NC(C(=O)N1CC=C[C@H]1c1ncc(-c2ccc3c(c2)C(F)(F)c2cc(-c4ccc5nc([C@@H]6CCCN6C(=O)[C@@H](NC(=O)OC)C(C)C)[nH]c5c4)ccc2-3)[nH]1)C(C)C. The Bertz CT molecular complexity index is 2560. The van der Waals surface area contributed by atoms with Crippen molar-refractivity contribution in [2.45, 2.75) is 70.6 Å². The largest absolute Gasteiger partial charge is 0.453 e. The third-order valence-electron chi connectivity index (χ3n) is 11.9. The molecule has 4 N–H and O–H groups in total. The molecule has 1 fully saturated rings. The van der Waals surface area contributed by atoms with Crippen LogP contribution in [0.4, 0.5) is 18.4 Å². The highest BCUT2D eigenvalue weighted by atomic mass is 19.3. The number of ether oxygens (including phenoxy) is 2. The van der Waals surface area contributed by atoms with E-state index in [0.29, 0.717) is 70.1 Å². The maximum atomic E-state index is 16.5. The Morgan fingerprint density at radius 1 is 0.787 bits per heavy atom. The number of aromatic amines is 2. The molecule has 318 valence electrons. The summed E-state index contributed by atoms with van der Waals surface area (Å²) in [4.78, 5) is 70.6. The lowest BCUT2D eigenvalue weighted by molar-refractivity contribution is -0.136. The summed E-state index contributed by atoms with van der Waals surface area (Å²) < 4.78 is 42.5. The zero-order chi connectivity index (χ0) is 43.3. The molecule has 4 amide bonds. The topological polar surface area (TPSA) is 175 Å². The number of fused-ring (bicyclic) bond motifs is 4. The van der Waals surface area contributed by atoms with Gasteiger partial charge < -0.3 is 39.9 Å². The summed E-state index contributed by atoms with van der Waals surface area (Å²) in [6, 6.07) is 13.2. The summed E-state index contributed by atoms with van der Waals surface area (Å²) in [5.41, 5.74) is 4.41. The van der Waals surface area contributed by atoms with Gasteiger partial charge in [-0.1, -0.05) is 70.2 Å². The van der Waals surface area contributed by atoms with Gasteiger partial charge in [0.1, 0.15) is 29.8 Å². The minimum atomic E-state index is -3.30. The molecule has 2 aliphatic heterocycles. The molecule has 4 heterocycles. The van der Waals surface area contributed by atoms with Crippen molar-refractivity contribution in [3.8, 4) is 33.5 Å². The number of halogens is 2. The second-order valence-electron chi connectivity index (χ2n) is 16.4. The van der Waals surface area contributed by atoms with Crippen LogP contribution in [0, 0.1) is 11.8 Å². The lowest BCUT2D eigenvalue weighted by Crippen LogP contribution is -2.51. The number of amides is 4. The fraction of sp³-hybridized carbons (Fsp3) is 0.378. The number of benzene rings is 3. The Kier molecular flexibility index (Phi) is 10.9. The van der Waals surface area contributed by atoms with Crippen LogP contribution in [0.25, 0.3) is 44.5 Å². The summed E-state index contributed by atoms with van der Waals surface area (Å²) in [6.07, 6.45) is 5.35. The molecule has 8 rings (SSSR count). The molecule has 16 heteroatoms. The van der Waals surface area contributed by atoms with Gasteiger partial charge in [-0.25, -0.2) is 19.6 Å². The lowest BCUT2D eigenvalue weighted by atomic mass is 9.98. The van der Waals surface area contributed by atoms with E-state index in [9.17, 15) is 19.2 Å². The number of aromatic nitrogens is 4. The van der Waals surface area contributed by atoms with Crippen LogP contribution in [0.15, 0.2) is 72.9 Å². The number of likely N-dealkylation sites (tertiary alicyclic amines) is 1. The van der Waals surface area contributed by atoms with Crippen LogP contribution in [0.1, 0.15) is 75.4 Å². The number of imidazole rings is 2. The molecule has 3 aromatic carbocycles. The van der Waals surface area contributed by atoms with E-state index in [0.717, 1.165) is 12.0 Å². The van der Waals surface area contributed by atoms with Gasteiger partial charge in [-0.3, -0.25) is 9.59 Å². The summed E-state index contributed by atoms with van der Waals surface area (Å²) in [5, 5.41) is 5.29. The van der Waals surface area contributed by atoms with Crippen molar-refractivity contribution < 1.29 is 37.4 Å². The van der Waals surface area contributed by atoms with Gasteiger partial charge in [0.25, 0.3) is 5.92 Å². The third kappa shape index (κ3) is 7.48. The van der Waals surface area contributed by atoms with E-state index in [1.54, 1.807) is 34.2 Å². The molecular formula is C45H48F2N8O6. The van der Waals surface area contributed by atoms with E-state index >= 15 is 8.78 Å². The number of hydrogen-bond acceptors (Lipinski definition) is 8. The standard InChI is InChI=1S/C45H48F2N8O6/c1-23(2)37(52-43(58)60-5)41(56)54-17-7-9-35(54)39-48-22-34(51-39)27-12-15-29-28-14-11-25(19-30(28)45(46,47)31(29)20-27)26-13-16-32-33(21-26)50-40(49-32)36-10-8-18-55(36)42(57)38(24(3)4)53-44(59)61-6/h7,9,11-16,19-24,35-38H,8,10,17-18H2,1-6H3,(H,48,51)(H,49,50)(H,52,58)(H,53,59)/t35-,36-,37?,38-/m0/s1. The monoisotopic (exact) mass is 834 g/mol. The number of nitrogens with zero attached hydrogens (tertiary/aromatic N) is 4. The van der Waals surface area contributed by atoms with E-state index in [-0.39, 0.29) is 40.8 Å². The van der Waals surface area contributed by atoms with Crippen molar-refractivity contribution in [1.82, 2.24) is 40.4 Å². The molecule has 0 saturated carbocycles. The van der Waals surface area contributed by atoms with Gasteiger partial charge in [-0.15, -0.1) is 0 Å². The first-order valence-electron chi connectivity index (χ1n) is 20.4. The number of hydrogen-bond donors (Lipinski definition) is 4. The van der Waals surface area contributed by atoms with E-state index in [1.165, 1.54) is 26.4 Å². The molecule has 0 bridgehead atoms.